The molecule has 0 aliphatic rings. The lowest BCUT2D eigenvalue weighted by Crippen LogP contribution is -2.27. The summed E-state index contributed by atoms with van der Waals surface area (Å²) in [5.74, 6) is 0.898. The second-order valence-electron chi connectivity index (χ2n) is 5.76. The fraction of sp³-hybridized carbons (Fsp3) is 0.0476. The molecule has 0 saturated carbocycles. The van der Waals surface area contributed by atoms with Gasteiger partial charge in [0.15, 0.2) is 11.4 Å². The van der Waals surface area contributed by atoms with Crippen LogP contribution in [0.15, 0.2) is 91.0 Å². The molecule has 4 heteroatoms. The molecule has 0 unspecified atom stereocenters. The highest BCUT2D eigenvalue weighted by Gasteiger charge is 2.23. The summed E-state index contributed by atoms with van der Waals surface area (Å²) in [4.78, 5) is 0. The van der Waals surface area contributed by atoms with Crippen LogP contribution in [-0.4, -0.2) is 14.8 Å². The van der Waals surface area contributed by atoms with Gasteiger partial charge in [0.05, 0.1) is 0 Å². The molecule has 0 amide bonds. The Bertz CT molecular complexity index is 911. The molecule has 0 spiro atoms. The maximum absolute atomic E-state index is 4.59. The predicted octanol–water partition coefficient (Wildman–Crippen LogP) is 3.24. The van der Waals surface area contributed by atoms with Gasteiger partial charge in [-0.25, -0.2) is 0 Å². The Morgan fingerprint density at radius 1 is 0.640 bits per heavy atom. The maximum Gasteiger partial charge on any atom is 0.164 e. The van der Waals surface area contributed by atoms with E-state index >= 15 is 0 Å². The average molecular weight is 343 g/mol. The Morgan fingerprint density at radius 2 is 1.12 bits per heavy atom. The van der Waals surface area contributed by atoms with Crippen molar-refractivity contribution in [2.24, 2.45) is 7.05 Å². The summed E-state index contributed by atoms with van der Waals surface area (Å²) in [5.41, 5.74) is 2.09. The molecule has 3 aromatic carbocycles. The molecule has 25 heavy (non-hydrogen) atoms. The van der Waals surface area contributed by atoms with Gasteiger partial charge in [0.1, 0.15) is 0 Å². The van der Waals surface area contributed by atoms with E-state index in [0.717, 1.165) is 17.0 Å². The van der Waals surface area contributed by atoms with Crippen LogP contribution in [0.25, 0.3) is 11.4 Å². The van der Waals surface area contributed by atoms with Crippen LogP contribution in [0.4, 0.5) is 0 Å². The van der Waals surface area contributed by atoms with Crippen LogP contribution in [0.2, 0.25) is 0 Å². The number of hydrogen-bond acceptors (Lipinski definition) is 2. The highest BCUT2D eigenvalue weighted by molar-refractivity contribution is 7.79. The van der Waals surface area contributed by atoms with Gasteiger partial charge in [-0.15, -0.1) is 10.2 Å². The summed E-state index contributed by atoms with van der Waals surface area (Å²) in [5, 5.41) is 11.6. The fourth-order valence-corrected chi connectivity index (χ4v) is 5.12. The van der Waals surface area contributed by atoms with Gasteiger partial charge in [-0.2, -0.15) is 0 Å². The molecule has 0 aliphatic carbocycles. The van der Waals surface area contributed by atoms with E-state index in [4.69, 9.17) is 0 Å². The molecular formula is C21H18N3P. The Morgan fingerprint density at radius 3 is 1.64 bits per heavy atom. The Kier molecular flexibility index (Phi) is 4.41. The predicted molar refractivity (Wildman–Crippen MR) is 105 cm³/mol. The maximum atomic E-state index is 4.59. The van der Waals surface area contributed by atoms with Crippen LogP contribution in [0.5, 0.6) is 0 Å². The molecule has 122 valence electrons. The first kappa shape index (κ1) is 15.7. The third kappa shape index (κ3) is 3.11. The zero-order valence-electron chi connectivity index (χ0n) is 13.9. The first-order valence-electron chi connectivity index (χ1n) is 8.19. The molecule has 4 aromatic rings. The lowest BCUT2D eigenvalue weighted by Gasteiger charge is -2.17. The monoisotopic (exact) mass is 343 g/mol. The van der Waals surface area contributed by atoms with Crippen LogP contribution in [-0.2, 0) is 7.05 Å². The van der Waals surface area contributed by atoms with E-state index in [1.807, 2.05) is 30.3 Å². The van der Waals surface area contributed by atoms with Crippen molar-refractivity contribution in [1.29, 1.82) is 0 Å². The van der Waals surface area contributed by atoms with Crippen LogP contribution >= 0.6 is 7.92 Å². The molecule has 0 aliphatic heterocycles. The van der Waals surface area contributed by atoms with Crippen molar-refractivity contribution in [2.45, 2.75) is 0 Å². The van der Waals surface area contributed by atoms with Gasteiger partial charge >= 0.3 is 0 Å². The Hall–Kier alpha value is -2.77. The first-order chi connectivity index (χ1) is 12.3. The van der Waals surface area contributed by atoms with Crippen molar-refractivity contribution in [2.75, 3.05) is 0 Å². The van der Waals surface area contributed by atoms with Gasteiger partial charge in [0.2, 0.25) is 0 Å². The van der Waals surface area contributed by atoms with E-state index < -0.39 is 7.92 Å². The standard InChI is InChI=1S/C21H18N3P/c1-24-20(17-11-5-2-6-12-17)22-23-21(24)25(18-13-7-3-8-14-18)19-15-9-4-10-16-19/h2-16H,1H3. The summed E-state index contributed by atoms with van der Waals surface area (Å²) in [6.07, 6.45) is 0. The van der Waals surface area contributed by atoms with E-state index in [9.17, 15) is 0 Å². The summed E-state index contributed by atoms with van der Waals surface area (Å²) < 4.78 is 2.13. The van der Waals surface area contributed by atoms with Gasteiger partial charge in [0.25, 0.3) is 0 Å². The lowest BCUT2D eigenvalue weighted by atomic mass is 10.2. The topological polar surface area (TPSA) is 30.7 Å². The highest BCUT2D eigenvalue weighted by Crippen LogP contribution is 2.32. The first-order valence-corrected chi connectivity index (χ1v) is 9.54. The van der Waals surface area contributed by atoms with Gasteiger partial charge in [-0.05, 0) is 10.6 Å². The van der Waals surface area contributed by atoms with Crippen molar-refractivity contribution in [3.8, 4) is 11.4 Å². The normalized spacial score (nSPS) is 11.0. The smallest absolute Gasteiger partial charge is 0.164 e. The van der Waals surface area contributed by atoms with Gasteiger partial charge < -0.3 is 4.57 Å². The number of rotatable bonds is 4. The molecule has 0 saturated heterocycles. The van der Waals surface area contributed by atoms with E-state index in [-0.39, 0.29) is 0 Å². The van der Waals surface area contributed by atoms with Crippen LogP contribution in [0.3, 0.4) is 0 Å². The lowest BCUT2D eigenvalue weighted by molar-refractivity contribution is 0.952. The summed E-state index contributed by atoms with van der Waals surface area (Å²) in [6, 6.07) is 31.4. The van der Waals surface area contributed by atoms with Crippen LogP contribution < -0.4 is 16.2 Å². The number of nitrogens with zero attached hydrogens (tertiary/aromatic N) is 3. The zero-order valence-corrected chi connectivity index (χ0v) is 14.8. The summed E-state index contributed by atoms with van der Waals surface area (Å²) in [7, 11) is 1.31. The second kappa shape index (κ2) is 7.00. The molecular weight excluding hydrogens is 325 g/mol. The minimum Gasteiger partial charge on any atom is -0.310 e. The van der Waals surface area contributed by atoms with E-state index in [1.54, 1.807) is 0 Å². The van der Waals surface area contributed by atoms with Crippen molar-refractivity contribution < 1.29 is 0 Å². The molecule has 0 N–H and O–H groups in total. The largest absolute Gasteiger partial charge is 0.310 e. The fourth-order valence-electron chi connectivity index (χ4n) is 2.89. The average Bonchev–Trinajstić information content (AvgIpc) is 3.06. The van der Waals surface area contributed by atoms with E-state index in [2.05, 4.69) is 82.5 Å². The molecule has 1 aromatic heterocycles. The summed E-state index contributed by atoms with van der Waals surface area (Å²) >= 11 is 0. The SMILES string of the molecule is Cn1c(-c2ccccc2)nnc1P(c1ccccc1)c1ccccc1. The molecule has 3 nitrogen and oxygen atoms in total. The van der Waals surface area contributed by atoms with Crippen molar-refractivity contribution in [1.82, 2.24) is 14.8 Å². The molecule has 0 fully saturated rings. The minimum absolute atomic E-state index is 0.747. The number of hydrogen-bond donors (Lipinski definition) is 0. The van der Waals surface area contributed by atoms with Gasteiger partial charge in [-0.3, -0.25) is 0 Å². The van der Waals surface area contributed by atoms with Gasteiger partial charge in [0, 0.05) is 20.5 Å². The quantitative estimate of drug-likeness (QED) is 0.533. The molecule has 0 radical (unpaired) electrons. The summed E-state index contributed by atoms with van der Waals surface area (Å²) in [6.45, 7) is 0. The number of benzene rings is 3. The highest BCUT2D eigenvalue weighted by atomic mass is 31.1. The van der Waals surface area contributed by atoms with E-state index in [1.165, 1.54) is 10.6 Å². The molecule has 4 rings (SSSR count). The Labute approximate surface area is 148 Å². The van der Waals surface area contributed by atoms with E-state index in [0.29, 0.717) is 0 Å². The molecule has 0 bridgehead atoms. The van der Waals surface area contributed by atoms with Crippen molar-refractivity contribution in [3.05, 3.63) is 91.0 Å². The number of aromatic nitrogens is 3. The zero-order chi connectivity index (χ0) is 17.1. The second-order valence-corrected chi connectivity index (χ2v) is 7.86. The third-order valence-electron chi connectivity index (χ3n) is 4.11. The van der Waals surface area contributed by atoms with Crippen molar-refractivity contribution in [3.63, 3.8) is 0 Å². The van der Waals surface area contributed by atoms with Crippen LogP contribution in [0.1, 0.15) is 0 Å². The Balaban J connectivity index is 1.86. The minimum atomic E-state index is -0.747. The molecule has 0 atom stereocenters. The molecule has 1 heterocycles. The van der Waals surface area contributed by atoms with Gasteiger partial charge in [-0.1, -0.05) is 91.0 Å². The third-order valence-corrected chi connectivity index (χ3v) is 6.53. The van der Waals surface area contributed by atoms with Crippen LogP contribution in [0, 0.1) is 0 Å². The van der Waals surface area contributed by atoms with Crippen molar-refractivity contribution >= 4 is 24.1 Å².